The average molecular weight is 513 g/mol. The fourth-order valence-corrected chi connectivity index (χ4v) is 5.06. The van der Waals surface area contributed by atoms with Gasteiger partial charge in [0.1, 0.15) is 17.6 Å². The molecule has 33 heavy (non-hydrogen) atoms. The first-order valence-corrected chi connectivity index (χ1v) is 12.2. The maximum absolute atomic E-state index is 13.2. The molecule has 1 amide bonds. The molecule has 4 rings (SSSR count). The van der Waals surface area contributed by atoms with E-state index in [2.05, 4.69) is 34.7 Å². The predicted molar refractivity (Wildman–Crippen MR) is 131 cm³/mol. The summed E-state index contributed by atoms with van der Waals surface area (Å²) in [5, 5.41) is 11.3. The van der Waals surface area contributed by atoms with Gasteiger partial charge in [-0.05, 0) is 61.5 Å². The second kappa shape index (κ2) is 9.69. The number of benzene rings is 2. The van der Waals surface area contributed by atoms with Crippen LogP contribution in [0.4, 0.5) is 0 Å². The molecule has 0 radical (unpaired) electrons. The molecule has 1 saturated heterocycles. The van der Waals surface area contributed by atoms with Crippen molar-refractivity contribution in [2.45, 2.75) is 39.3 Å². The van der Waals surface area contributed by atoms with Gasteiger partial charge in [0, 0.05) is 29.5 Å². The van der Waals surface area contributed by atoms with Crippen molar-refractivity contribution in [2.24, 2.45) is 0 Å². The maximum atomic E-state index is 13.2. The van der Waals surface area contributed by atoms with Gasteiger partial charge in [-0.1, -0.05) is 41.9 Å². The number of amides is 1. The number of ketones is 1. The summed E-state index contributed by atoms with van der Waals surface area (Å²) in [6.45, 7) is 8.90. The molecule has 7 heteroatoms. The molecule has 1 fully saturated rings. The summed E-state index contributed by atoms with van der Waals surface area (Å²) in [6.07, 6.45) is 0.814. The lowest BCUT2D eigenvalue weighted by Crippen LogP contribution is -2.38. The van der Waals surface area contributed by atoms with E-state index in [1.807, 2.05) is 43.3 Å². The number of halogens is 1. The number of carbonyl (C=O) groups excluding carboxylic acids is 2. The number of rotatable bonds is 7. The number of fused-ring (bicyclic) bond motifs is 1. The average Bonchev–Trinajstić information content (AvgIpc) is 3.30. The molecule has 0 bridgehead atoms. The number of Topliss-reactive ketones (excluding diaryl/α,β-unsaturated/α-hetero) is 1. The van der Waals surface area contributed by atoms with Gasteiger partial charge in [-0.2, -0.15) is 0 Å². The lowest BCUT2D eigenvalue weighted by Gasteiger charge is -2.28. The molecule has 2 aromatic rings. The SMILES string of the molecule is CCN(CC)CCN1C(=O)C(=O)/C(=C(/O)c2ccc3c(c2)CC(C)O3)C1c1cccc(Br)c1. The second-order valence-corrected chi connectivity index (χ2v) is 9.45. The van der Waals surface area contributed by atoms with E-state index >= 15 is 0 Å². The van der Waals surface area contributed by atoms with Gasteiger partial charge < -0.3 is 19.6 Å². The Bertz CT molecular complexity index is 1110. The van der Waals surface area contributed by atoms with Crippen LogP contribution in [0.1, 0.15) is 43.5 Å². The summed E-state index contributed by atoms with van der Waals surface area (Å²) in [7, 11) is 0. The van der Waals surface area contributed by atoms with E-state index in [0.29, 0.717) is 18.7 Å². The monoisotopic (exact) mass is 512 g/mol. The van der Waals surface area contributed by atoms with Crippen molar-refractivity contribution in [2.75, 3.05) is 26.2 Å². The van der Waals surface area contributed by atoms with E-state index in [1.54, 1.807) is 11.0 Å². The molecule has 1 N–H and O–H groups in total. The van der Waals surface area contributed by atoms with Crippen LogP contribution in [-0.2, 0) is 16.0 Å². The van der Waals surface area contributed by atoms with Gasteiger partial charge >= 0.3 is 0 Å². The lowest BCUT2D eigenvalue weighted by atomic mass is 9.94. The van der Waals surface area contributed by atoms with Gasteiger partial charge in [-0.15, -0.1) is 0 Å². The lowest BCUT2D eigenvalue weighted by molar-refractivity contribution is -0.140. The van der Waals surface area contributed by atoms with Crippen molar-refractivity contribution >= 4 is 33.4 Å². The summed E-state index contributed by atoms with van der Waals surface area (Å²) in [5.41, 5.74) is 2.42. The summed E-state index contributed by atoms with van der Waals surface area (Å²) in [6, 6.07) is 12.3. The Morgan fingerprint density at radius 2 is 1.94 bits per heavy atom. The Kier molecular flexibility index (Phi) is 6.91. The molecular weight excluding hydrogens is 484 g/mol. The van der Waals surface area contributed by atoms with Crippen LogP contribution in [0.2, 0.25) is 0 Å². The number of likely N-dealkylation sites (N-methyl/N-ethyl adjacent to an activating group) is 1. The third-order valence-corrected chi connectivity index (χ3v) is 6.92. The number of aliphatic hydroxyl groups is 1. The molecule has 0 aliphatic carbocycles. The molecule has 2 aliphatic heterocycles. The van der Waals surface area contributed by atoms with Gasteiger partial charge in [0.15, 0.2) is 0 Å². The first kappa shape index (κ1) is 23.5. The molecule has 0 aromatic heterocycles. The number of likely N-dealkylation sites (tertiary alicyclic amines) is 1. The first-order valence-electron chi connectivity index (χ1n) is 11.4. The first-order chi connectivity index (χ1) is 15.8. The minimum Gasteiger partial charge on any atom is -0.507 e. The van der Waals surface area contributed by atoms with E-state index in [1.165, 1.54) is 0 Å². The Morgan fingerprint density at radius 3 is 2.64 bits per heavy atom. The minimum absolute atomic E-state index is 0.0738. The largest absolute Gasteiger partial charge is 0.507 e. The van der Waals surface area contributed by atoms with Crippen LogP contribution < -0.4 is 4.74 Å². The molecule has 2 atom stereocenters. The molecule has 2 heterocycles. The zero-order valence-corrected chi connectivity index (χ0v) is 20.8. The minimum atomic E-state index is -0.651. The zero-order valence-electron chi connectivity index (χ0n) is 19.2. The van der Waals surface area contributed by atoms with E-state index in [9.17, 15) is 14.7 Å². The predicted octanol–water partition coefficient (Wildman–Crippen LogP) is 4.54. The van der Waals surface area contributed by atoms with Crippen molar-refractivity contribution < 1.29 is 19.4 Å². The summed E-state index contributed by atoms with van der Waals surface area (Å²) in [4.78, 5) is 30.1. The van der Waals surface area contributed by atoms with E-state index in [-0.39, 0.29) is 17.4 Å². The highest BCUT2D eigenvalue weighted by Crippen LogP contribution is 2.41. The highest BCUT2D eigenvalue weighted by Gasteiger charge is 2.46. The third kappa shape index (κ3) is 4.57. The number of hydrogen-bond acceptors (Lipinski definition) is 5. The van der Waals surface area contributed by atoms with Crippen molar-refractivity contribution in [3.63, 3.8) is 0 Å². The van der Waals surface area contributed by atoms with Gasteiger partial charge in [0.2, 0.25) is 0 Å². The van der Waals surface area contributed by atoms with Crippen LogP contribution in [0.15, 0.2) is 52.5 Å². The summed E-state index contributed by atoms with van der Waals surface area (Å²) < 4.78 is 6.61. The van der Waals surface area contributed by atoms with Gasteiger partial charge in [0.25, 0.3) is 11.7 Å². The van der Waals surface area contributed by atoms with Crippen molar-refractivity contribution in [1.82, 2.24) is 9.80 Å². The molecule has 6 nitrogen and oxygen atoms in total. The Balaban J connectivity index is 1.79. The van der Waals surface area contributed by atoms with Crippen LogP contribution in [0.5, 0.6) is 5.75 Å². The van der Waals surface area contributed by atoms with Crippen LogP contribution in [0, 0.1) is 0 Å². The van der Waals surface area contributed by atoms with Crippen LogP contribution in [-0.4, -0.2) is 58.9 Å². The number of hydrogen-bond donors (Lipinski definition) is 1. The fraction of sp³-hybridized carbons (Fsp3) is 0.385. The molecule has 174 valence electrons. The quantitative estimate of drug-likeness (QED) is 0.335. The maximum Gasteiger partial charge on any atom is 0.295 e. The molecule has 0 saturated carbocycles. The Hall–Kier alpha value is -2.64. The van der Waals surface area contributed by atoms with Crippen molar-refractivity contribution in [3.05, 3.63) is 69.2 Å². The number of nitrogens with zero attached hydrogens (tertiary/aromatic N) is 2. The second-order valence-electron chi connectivity index (χ2n) is 8.53. The Labute approximate surface area is 203 Å². The molecule has 2 unspecified atom stereocenters. The number of ether oxygens (including phenoxy) is 1. The molecule has 0 spiro atoms. The topological polar surface area (TPSA) is 70.1 Å². The number of carbonyl (C=O) groups is 2. The van der Waals surface area contributed by atoms with Crippen molar-refractivity contribution in [3.8, 4) is 5.75 Å². The smallest absolute Gasteiger partial charge is 0.295 e. The van der Waals surface area contributed by atoms with E-state index in [4.69, 9.17) is 4.74 Å². The summed E-state index contributed by atoms with van der Waals surface area (Å²) in [5.74, 6) is -0.581. The van der Waals surface area contributed by atoms with Crippen molar-refractivity contribution in [1.29, 1.82) is 0 Å². The molecule has 2 aromatic carbocycles. The zero-order chi connectivity index (χ0) is 23.7. The van der Waals surface area contributed by atoms with E-state index in [0.717, 1.165) is 40.9 Å². The molecular formula is C26H29BrN2O4. The van der Waals surface area contributed by atoms with Crippen LogP contribution >= 0.6 is 15.9 Å². The van der Waals surface area contributed by atoms with Gasteiger partial charge in [-0.3, -0.25) is 9.59 Å². The highest BCUT2D eigenvalue weighted by molar-refractivity contribution is 9.10. The van der Waals surface area contributed by atoms with Crippen LogP contribution in [0.25, 0.3) is 5.76 Å². The molecule has 2 aliphatic rings. The van der Waals surface area contributed by atoms with Crippen LogP contribution in [0.3, 0.4) is 0 Å². The number of aliphatic hydroxyl groups excluding tert-OH is 1. The normalized spacial score (nSPS) is 21.5. The summed E-state index contributed by atoms with van der Waals surface area (Å²) >= 11 is 3.50. The van der Waals surface area contributed by atoms with E-state index < -0.39 is 17.7 Å². The standard InChI is InChI=1S/C26H29BrN2O4/c1-4-28(5-2)11-12-29-23(17-7-6-8-20(27)15-17)22(25(31)26(29)32)24(30)18-9-10-21-19(14-18)13-16(3)33-21/h6-10,14-16,23,30H,4-5,11-13H2,1-3H3/b24-22+. The third-order valence-electron chi connectivity index (χ3n) is 6.43. The van der Waals surface area contributed by atoms with Gasteiger partial charge in [0.05, 0.1) is 11.6 Å². The Morgan fingerprint density at radius 1 is 1.18 bits per heavy atom. The van der Waals surface area contributed by atoms with Gasteiger partial charge in [-0.25, -0.2) is 0 Å². The highest BCUT2D eigenvalue weighted by atomic mass is 79.9. The fourth-order valence-electron chi connectivity index (χ4n) is 4.65.